The van der Waals surface area contributed by atoms with Gasteiger partial charge in [-0.1, -0.05) is 18.2 Å². The normalized spacial score (nSPS) is 16.0. The summed E-state index contributed by atoms with van der Waals surface area (Å²) in [7, 11) is 0. The smallest absolute Gasteiger partial charge is 0.292 e. The fraction of sp³-hybridized carbons (Fsp3) is 0.167. The van der Waals surface area contributed by atoms with Crippen LogP contribution in [0.4, 0.5) is 17.3 Å². The Bertz CT molecular complexity index is 859. The van der Waals surface area contributed by atoms with Crippen LogP contribution in [0.5, 0.6) is 0 Å². The standard InChI is InChI=1S/C18H16N4O2/c1-12-11-13-5-2-3-6-14(13)22(12)17-9-8-16(20-21-17)19-18(23)15-7-4-10-24-15/h2-10,12H,11H2,1H3,(H,19,20,23). The van der Waals surface area contributed by atoms with Crippen molar-refractivity contribution in [2.45, 2.75) is 19.4 Å². The van der Waals surface area contributed by atoms with Crippen molar-refractivity contribution in [1.29, 1.82) is 0 Å². The topological polar surface area (TPSA) is 71.3 Å². The molecule has 1 aromatic carbocycles. The number of para-hydroxylation sites is 1. The second kappa shape index (κ2) is 5.81. The van der Waals surface area contributed by atoms with Gasteiger partial charge in [-0.15, -0.1) is 10.2 Å². The molecule has 0 fully saturated rings. The van der Waals surface area contributed by atoms with Crippen molar-refractivity contribution in [3.05, 3.63) is 66.1 Å². The molecule has 3 aromatic rings. The number of benzene rings is 1. The maximum Gasteiger partial charge on any atom is 0.292 e. The Hall–Kier alpha value is -3.15. The number of hydrogen-bond acceptors (Lipinski definition) is 5. The zero-order valence-electron chi connectivity index (χ0n) is 13.1. The minimum absolute atomic E-state index is 0.239. The van der Waals surface area contributed by atoms with E-state index in [2.05, 4.69) is 39.5 Å². The van der Waals surface area contributed by atoms with Crippen LogP contribution in [0, 0.1) is 0 Å². The van der Waals surface area contributed by atoms with Crippen LogP contribution in [-0.2, 0) is 6.42 Å². The van der Waals surface area contributed by atoms with E-state index in [0.29, 0.717) is 11.9 Å². The van der Waals surface area contributed by atoms with Crippen LogP contribution in [0.1, 0.15) is 23.0 Å². The molecule has 0 radical (unpaired) electrons. The van der Waals surface area contributed by atoms with Crippen molar-refractivity contribution in [3.63, 3.8) is 0 Å². The molecule has 1 unspecified atom stereocenters. The lowest BCUT2D eigenvalue weighted by Gasteiger charge is -2.23. The molecule has 3 heterocycles. The highest BCUT2D eigenvalue weighted by Crippen LogP contribution is 2.36. The molecule has 1 aliphatic heterocycles. The van der Waals surface area contributed by atoms with E-state index in [9.17, 15) is 4.79 Å². The van der Waals surface area contributed by atoms with Gasteiger partial charge >= 0.3 is 0 Å². The number of carbonyl (C=O) groups excluding carboxylic acids is 1. The fourth-order valence-corrected chi connectivity index (χ4v) is 3.02. The van der Waals surface area contributed by atoms with Crippen LogP contribution < -0.4 is 10.2 Å². The van der Waals surface area contributed by atoms with Gasteiger partial charge in [-0.2, -0.15) is 0 Å². The first-order valence-electron chi connectivity index (χ1n) is 7.78. The summed E-state index contributed by atoms with van der Waals surface area (Å²) in [4.78, 5) is 14.1. The molecule has 1 N–H and O–H groups in total. The molecule has 0 aliphatic carbocycles. The van der Waals surface area contributed by atoms with Crippen molar-refractivity contribution in [3.8, 4) is 0 Å². The zero-order valence-corrected chi connectivity index (χ0v) is 13.1. The maximum absolute atomic E-state index is 11.9. The first-order valence-corrected chi connectivity index (χ1v) is 7.78. The molecule has 1 atom stereocenters. The van der Waals surface area contributed by atoms with Crippen LogP contribution in [0.3, 0.4) is 0 Å². The third-order valence-electron chi connectivity index (χ3n) is 4.09. The summed E-state index contributed by atoms with van der Waals surface area (Å²) in [6.07, 6.45) is 2.44. The van der Waals surface area contributed by atoms with E-state index in [0.717, 1.165) is 17.9 Å². The highest BCUT2D eigenvalue weighted by molar-refractivity contribution is 6.01. The summed E-state index contributed by atoms with van der Waals surface area (Å²) in [5, 5.41) is 11.1. The summed E-state index contributed by atoms with van der Waals surface area (Å²) in [5.74, 6) is 1.05. The van der Waals surface area contributed by atoms with Crippen molar-refractivity contribution in [2.75, 3.05) is 10.2 Å². The lowest BCUT2D eigenvalue weighted by atomic mass is 10.1. The van der Waals surface area contributed by atoms with Crippen LogP contribution in [-0.4, -0.2) is 22.1 Å². The summed E-state index contributed by atoms with van der Waals surface area (Å²) < 4.78 is 5.06. The minimum atomic E-state index is -0.345. The van der Waals surface area contributed by atoms with E-state index in [1.54, 1.807) is 18.2 Å². The molecule has 0 saturated carbocycles. The summed E-state index contributed by atoms with van der Waals surface area (Å²) in [6.45, 7) is 2.16. The minimum Gasteiger partial charge on any atom is -0.459 e. The zero-order chi connectivity index (χ0) is 16.5. The fourth-order valence-electron chi connectivity index (χ4n) is 3.02. The predicted molar refractivity (Wildman–Crippen MR) is 90.4 cm³/mol. The first kappa shape index (κ1) is 14.4. The number of anilines is 3. The molecular formula is C18H16N4O2. The Labute approximate surface area is 139 Å². The molecule has 1 amide bonds. The molecule has 6 nitrogen and oxygen atoms in total. The van der Waals surface area contributed by atoms with Crippen LogP contribution >= 0.6 is 0 Å². The van der Waals surface area contributed by atoms with E-state index in [4.69, 9.17) is 4.42 Å². The van der Waals surface area contributed by atoms with Crippen molar-refractivity contribution < 1.29 is 9.21 Å². The predicted octanol–water partition coefficient (Wildman–Crippen LogP) is 3.40. The molecule has 2 aromatic heterocycles. The van der Waals surface area contributed by atoms with Gasteiger partial charge in [0.2, 0.25) is 0 Å². The van der Waals surface area contributed by atoms with E-state index < -0.39 is 0 Å². The number of carbonyl (C=O) groups is 1. The number of aromatic nitrogens is 2. The Morgan fingerprint density at radius 1 is 1.17 bits per heavy atom. The first-order chi connectivity index (χ1) is 11.7. The van der Waals surface area contributed by atoms with E-state index in [-0.39, 0.29) is 11.7 Å². The van der Waals surface area contributed by atoms with Gasteiger partial charge in [0.1, 0.15) is 0 Å². The quantitative estimate of drug-likeness (QED) is 0.801. The van der Waals surface area contributed by atoms with Crippen LogP contribution in [0.2, 0.25) is 0 Å². The molecule has 1 aliphatic rings. The molecule has 0 saturated heterocycles. The molecular weight excluding hydrogens is 304 g/mol. The SMILES string of the molecule is CC1Cc2ccccc2N1c1ccc(NC(=O)c2ccco2)nn1. The largest absolute Gasteiger partial charge is 0.459 e. The highest BCUT2D eigenvalue weighted by atomic mass is 16.3. The Morgan fingerprint density at radius 3 is 2.79 bits per heavy atom. The molecule has 0 bridgehead atoms. The maximum atomic E-state index is 11.9. The van der Waals surface area contributed by atoms with E-state index in [1.165, 1.54) is 11.8 Å². The molecule has 6 heteroatoms. The Balaban J connectivity index is 1.55. The lowest BCUT2D eigenvalue weighted by Crippen LogP contribution is -2.25. The van der Waals surface area contributed by atoms with Gasteiger partial charge in [0, 0.05) is 11.7 Å². The highest BCUT2D eigenvalue weighted by Gasteiger charge is 2.27. The van der Waals surface area contributed by atoms with Crippen LogP contribution in [0.15, 0.2) is 59.2 Å². The molecule has 120 valence electrons. The third kappa shape index (κ3) is 2.52. The van der Waals surface area contributed by atoms with Crippen LogP contribution in [0.25, 0.3) is 0 Å². The van der Waals surface area contributed by atoms with Crippen molar-refractivity contribution in [2.24, 2.45) is 0 Å². The Morgan fingerprint density at radius 2 is 2.04 bits per heavy atom. The number of nitrogens with one attached hydrogen (secondary N) is 1. The number of nitrogens with zero attached hydrogens (tertiary/aromatic N) is 3. The second-order valence-electron chi connectivity index (χ2n) is 5.76. The van der Waals surface area contributed by atoms with E-state index in [1.807, 2.05) is 18.2 Å². The number of fused-ring (bicyclic) bond motifs is 1. The lowest BCUT2D eigenvalue weighted by molar-refractivity contribution is 0.0996. The molecule has 0 spiro atoms. The van der Waals surface area contributed by atoms with Gasteiger partial charge in [0.15, 0.2) is 17.4 Å². The third-order valence-corrected chi connectivity index (χ3v) is 4.09. The average molecular weight is 320 g/mol. The van der Waals surface area contributed by atoms with Gasteiger partial charge in [0.05, 0.1) is 6.26 Å². The summed E-state index contributed by atoms with van der Waals surface area (Å²) in [6, 6.07) is 15.5. The van der Waals surface area contributed by atoms with Gasteiger partial charge in [-0.25, -0.2) is 0 Å². The summed E-state index contributed by atoms with van der Waals surface area (Å²) in [5.41, 5.74) is 2.47. The van der Waals surface area contributed by atoms with Crippen molar-refractivity contribution in [1.82, 2.24) is 10.2 Å². The number of furan rings is 1. The summed E-state index contributed by atoms with van der Waals surface area (Å²) >= 11 is 0. The second-order valence-corrected chi connectivity index (χ2v) is 5.76. The molecule has 4 rings (SSSR count). The van der Waals surface area contributed by atoms with Gasteiger partial charge < -0.3 is 14.6 Å². The Kier molecular flexibility index (Phi) is 3.49. The average Bonchev–Trinajstić information content (AvgIpc) is 3.23. The monoisotopic (exact) mass is 320 g/mol. The molecule has 24 heavy (non-hydrogen) atoms. The van der Waals surface area contributed by atoms with Gasteiger partial charge in [-0.3, -0.25) is 4.79 Å². The van der Waals surface area contributed by atoms with Crippen molar-refractivity contribution >= 4 is 23.2 Å². The number of hydrogen-bond donors (Lipinski definition) is 1. The number of amides is 1. The van der Waals surface area contributed by atoms with Gasteiger partial charge in [-0.05, 0) is 49.2 Å². The van der Waals surface area contributed by atoms with Gasteiger partial charge in [0.25, 0.3) is 5.91 Å². The van der Waals surface area contributed by atoms with E-state index >= 15 is 0 Å². The number of rotatable bonds is 3.